The van der Waals surface area contributed by atoms with Gasteiger partial charge in [0, 0.05) is 19.2 Å². The van der Waals surface area contributed by atoms with Crippen molar-refractivity contribution < 1.29 is 33.8 Å². The Hall–Kier alpha value is -3.96. The zero-order chi connectivity index (χ0) is 26.5. The minimum Gasteiger partial charge on any atom is -0.478 e. The monoisotopic (exact) mass is 492 g/mol. The van der Waals surface area contributed by atoms with Crippen LogP contribution in [0.2, 0.25) is 0 Å². The minimum absolute atomic E-state index is 0.101. The molecule has 192 valence electrons. The first-order chi connectivity index (χ1) is 16.4. The van der Waals surface area contributed by atoms with Gasteiger partial charge in [0.15, 0.2) is 0 Å². The number of methoxy groups -OCH3 is 1. The SMILES string of the molecule is COC(=O)[C@H](CC(C)C)NC(=O)Cn1cccc(NC(=O)C(CC/C=C/C(=O)O)NC(C)=O)c1=O. The number of anilines is 1. The van der Waals surface area contributed by atoms with Gasteiger partial charge in [-0.1, -0.05) is 19.9 Å². The molecule has 35 heavy (non-hydrogen) atoms. The Kier molecular flexibility index (Phi) is 11.9. The number of allylic oxidation sites excluding steroid dienone is 1. The second kappa shape index (κ2) is 14.3. The first kappa shape index (κ1) is 29.1. The van der Waals surface area contributed by atoms with Crippen molar-refractivity contribution in [1.29, 1.82) is 0 Å². The lowest BCUT2D eigenvalue weighted by atomic mass is 10.0. The van der Waals surface area contributed by atoms with Crippen molar-refractivity contribution in [2.24, 2.45) is 5.92 Å². The highest BCUT2D eigenvalue weighted by Gasteiger charge is 2.23. The molecule has 1 aromatic heterocycles. The third-order valence-corrected chi connectivity index (χ3v) is 4.70. The molecule has 0 spiro atoms. The van der Waals surface area contributed by atoms with Crippen LogP contribution in [0.4, 0.5) is 5.69 Å². The summed E-state index contributed by atoms with van der Waals surface area (Å²) in [5.41, 5.74) is -0.782. The average molecular weight is 493 g/mol. The lowest BCUT2D eigenvalue weighted by molar-refractivity contribution is -0.145. The number of ether oxygens (including phenoxy) is 1. The molecule has 3 amide bonds. The second-order valence-corrected chi connectivity index (χ2v) is 8.19. The van der Waals surface area contributed by atoms with E-state index in [0.717, 1.165) is 10.6 Å². The van der Waals surface area contributed by atoms with Crippen LogP contribution in [0, 0.1) is 5.92 Å². The van der Waals surface area contributed by atoms with Crippen molar-refractivity contribution in [3.8, 4) is 0 Å². The van der Waals surface area contributed by atoms with Crippen molar-refractivity contribution in [2.45, 2.75) is 58.7 Å². The van der Waals surface area contributed by atoms with Gasteiger partial charge in [-0.05, 0) is 37.3 Å². The molecule has 0 radical (unpaired) electrons. The maximum absolute atomic E-state index is 12.8. The van der Waals surface area contributed by atoms with Crippen molar-refractivity contribution in [1.82, 2.24) is 15.2 Å². The number of aliphatic carboxylic acids is 1. The molecule has 12 nitrogen and oxygen atoms in total. The molecule has 1 unspecified atom stereocenters. The zero-order valence-electron chi connectivity index (χ0n) is 20.2. The van der Waals surface area contributed by atoms with E-state index in [-0.39, 0.29) is 24.4 Å². The Bertz CT molecular complexity index is 1020. The van der Waals surface area contributed by atoms with E-state index in [4.69, 9.17) is 9.84 Å². The van der Waals surface area contributed by atoms with E-state index in [1.165, 1.54) is 38.4 Å². The number of nitrogens with one attached hydrogen (secondary N) is 3. The third-order valence-electron chi connectivity index (χ3n) is 4.70. The summed E-state index contributed by atoms with van der Waals surface area (Å²) < 4.78 is 5.78. The Morgan fingerprint density at radius 3 is 2.40 bits per heavy atom. The molecule has 0 aromatic carbocycles. The van der Waals surface area contributed by atoms with Crippen LogP contribution in [-0.4, -0.2) is 58.5 Å². The van der Waals surface area contributed by atoms with Gasteiger partial charge < -0.3 is 30.4 Å². The molecule has 0 fully saturated rings. The normalized spacial score (nSPS) is 12.6. The second-order valence-electron chi connectivity index (χ2n) is 8.19. The fourth-order valence-electron chi connectivity index (χ4n) is 3.16. The fraction of sp³-hybridized carbons (Fsp3) is 0.478. The topological polar surface area (TPSA) is 173 Å². The summed E-state index contributed by atoms with van der Waals surface area (Å²) in [6.07, 6.45) is 4.28. The lowest BCUT2D eigenvalue weighted by Gasteiger charge is -2.19. The predicted octanol–water partition coefficient (Wildman–Crippen LogP) is 0.416. The molecule has 0 aliphatic rings. The van der Waals surface area contributed by atoms with Crippen molar-refractivity contribution >= 4 is 35.3 Å². The van der Waals surface area contributed by atoms with E-state index in [1.54, 1.807) is 0 Å². The maximum Gasteiger partial charge on any atom is 0.328 e. The van der Waals surface area contributed by atoms with Gasteiger partial charge >= 0.3 is 11.9 Å². The maximum atomic E-state index is 12.8. The van der Waals surface area contributed by atoms with E-state index in [9.17, 15) is 28.8 Å². The summed E-state index contributed by atoms with van der Waals surface area (Å²) in [5, 5.41) is 16.1. The van der Waals surface area contributed by atoms with Crippen LogP contribution in [0.15, 0.2) is 35.3 Å². The summed E-state index contributed by atoms with van der Waals surface area (Å²) in [6.45, 7) is 4.59. The van der Waals surface area contributed by atoms with E-state index in [0.29, 0.717) is 6.42 Å². The highest BCUT2D eigenvalue weighted by Crippen LogP contribution is 2.07. The van der Waals surface area contributed by atoms with Gasteiger partial charge in [0.1, 0.15) is 24.3 Å². The van der Waals surface area contributed by atoms with Crippen molar-refractivity contribution in [3.05, 3.63) is 40.8 Å². The molecule has 4 N–H and O–H groups in total. The van der Waals surface area contributed by atoms with E-state index < -0.39 is 53.8 Å². The first-order valence-corrected chi connectivity index (χ1v) is 11.0. The van der Waals surface area contributed by atoms with Crippen LogP contribution in [0.25, 0.3) is 0 Å². The van der Waals surface area contributed by atoms with Crippen LogP contribution < -0.4 is 21.5 Å². The number of hydrogen-bond acceptors (Lipinski definition) is 7. The van der Waals surface area contributed by atoms with Gasteiger partial charge in [0.05, 0.1) is 7.11 Å². The van der Waals surface area contributed by atoms with Crippen LogP contribution in [0.1, 0.15) is 40.0 Å². The molecule has 0 saturated heterocycles. The molecule has 0 aliphatic carbocycles. The molecule has 12 heteroatoms. The van der Waals surface area contributed by atoms with Gasteiger partial charge in [-0.25, -0.2) is 9.59 Å². The van der Waals surface area contributed by atoms with Gasteiger partial charge in [0.25, 0.3) is 5.56 Å². The largest absolute Gasteiger partial charge is 0.478 e. The Labute approximate surface area is 202 Å². The molecular formula is C23H32N4O8. The predicted molar refractivity (Wildman–Crippen MR) is 126 cm³/mol. The highest BCUT2D eigenvalue weighted by atomic mass is 16.5. The molecule has 2 atom stereocenters. The van der Waals surface area contributed by atoms with Crippen molar-refractivity contribution in [2.75, 3.05) is 12.4 Å². The molecule has 1 heterocycles. The molecular weight excluding hydrogens is 460 g/mol. The number of carboxylic acid groups (broad SMARTS) is 1. The van der Waals surface area contributed by atoms with Crippen LogP contribution in [0.3, 0.4) is 0 Å². The highest BCUT2D eigenvalue weighted by molar-refractivity contribution is 5.96. The number of pyridine rings is 1. The molecule has 1 aromatic rings. The first-order valence-electron chi connectivity index (χ1n) is 11.0. The molecule has 0 aliphatic heterocycles. The summed E-state index contributed by atoms with van der Waals surface area (Å²) in [5.74, 6) is -3.36. The zero-order valence-corrected chi connectivity index (χ0v) is 20.2. The Balaban J connectivity index is 2.94. The van der Waals surface area contributed by atoms with Gasteiger partial charge in [0.2, 0.25) is 17.7 Å². The molecule has 0 bridgehead atoms. The number of carbonyl (C=O) groups excluding carboxylic acids is 4. The quantitative estimate of drug-likeness (QED) is 0.226. The number of hydrogen-bond donors (Lipinski definition) is 4. The van der Waals surface area contributed by atoms with Crippen LogP contribution >= 0.6 is 0 Å². The molecule has 1 rings (SSSR count). The van der Waals surface area contributed by atoms with Crippen molar-refractivity contribution in [3.63, 3.8) is 0 Å². The number of carboxylic acids is 1. The van der Waals surface area contributed by atoms with Crippen LogP contribution in [-0.2, 0) is 35.3 Å². The smallest absolute Gasteiger partial charge is 0.328 e. The Morgan fingerprint density at radius 1 is 1.14 bits per heavy atom. The lowest BCUT2D eigenvalue weighted by Crippen LogP contribution is -2.45. The summed E-state index contributed by atoms with van der Waals surface area (Å²) in [4.78, 5) is 71.9. The summed E-state index contributed by atoms with van der Waals surface area (Å²) in [7, 11) is 1.22. The number of esters is 1. The summed E-state index contributed by atoms with van der Waals surface area (Å²) in [6, 6.07) is 0.928. The van der Waals surface area contributed by atoms with Gasteiger partial charge in [-0.2, -0.15) is 0 Å². The number of nitrogens with zero attached hydrogens (tertiary/aromatic N) is 1. The van der Waals surface area contributed by atoms with Gasteiger partial charge in [-0.15, -0.1) is 0 Å². The standard InChI is InChI=1S/C23H32N4O8/c1-14(2)12-18(23(34)35-4)25-19(29)13-27-11-7-9-17(22(27)33)26-21(32)16(24-15(3)28)8-5-6-10-20(30)31/h6-7,9-11,14,16,18H,5,8,12-13H2,1-4H3,(H,24,28)(H,25,29)(H,26,32)(H,30,31)/b10-6+/t16?,18-/m0/s1. The van der Waals surface area contributed by atoms with E-state index in [1.807, 2.05) is 13.8 Å². The van der Waals surface area contributed by atoms with E-state index in [2.05, 4.69) is 16.0 Å². The van der Waals surface area contributed by atoms with E-state index >= 15 is 0 Å². The minimum atomic E-state index is -1.14. The van der Waals surface area contributed by atoms with Gasteiger partial charge in [-0.3, -0.25) is 19.2 Å². The summed E-state index contributed by atoms with van der Waals surface area (Å²) >= 11 is 0. The fourth-order valence-corrected chi connectivity index (χ4v) is 3.16. The number of amides is 3. The third kappa shape index (κ3) is 10.7. The average Bonchev–Trinajstić information content (AvgIpc) is 2.76. The Morgan fingerprint density at radius 2 is 1.83 bits per heavy atom. The number of carbonyl (C=O) groups is 5. The number of rotatable bonds is 13. The van der Waals surface area contributed by atoms with Crippen LogP contribution in [0.5, 0.6) is 0 Å². The number of aromatic nitrogens is 1. The molecule has 0 saturated carbocycles.